The highest BCUT2D eigenvalue weighted by molar-refractivity contribution is 6.15. The van der Waals surface area contributed by atoms with Crippen LogP contribution in [0.2, 0.25) is 0 Å². The minimum atomic E-state index is -2.64. The van der Waals surface area contributed by atoms with Gasteiger partial charge in [0.05, 0.1) is 5.71 Å². The fourth-order valence-corrected chi connectivity index (χ4v) is 2.56. The van der Waals surface area contributed by atoms with E-state index in [9.17, 15) is 13.2 Å². The summed E-state index contributed by atoms with van der Waals surface area (Å²) in [5.74, 6) is -0.380. The Bertz CT molecular complexity index is 800. The molecular weight excluding hydrogens is 305 g/mol. The van der Waals surface area contributed by atoms with E-state index >= 15 is 0 Å². The third-order valence-corrected chi connectivity index (χ3v) is 3.55. The van der Waals surface area contributed by atoms with Gasteiger partial charge in [0.25, 0.3) is 6.43 Å². The molecule has 23 heavy (non-hydrogen) atoms. The molecule has 0 spiro atoms. The van der Waals surface area contributed by atoms with Gasteiger partial charge >= 0.3 is 0 Å². The number of fused-ring (bicyclic) bond motifs is 1. The highest BCUT2D eigenvalue weighted by Gasteiger charge is 2.31. The van der Waals surface area contributed by atoms with Crippen LogP contribution in [-0.4, -0.2) is 16.4 Å². The lowest BCUT2D eigenvalue weighted by Crippen LogP contribution is -2.33. The van der Waals surface area contributed by atoms with Gasteiger partial charge in [-0.1, -0.05) is 6.07 Å². The predicted molar refractivity (Wildman–Crippen MR) is 80.7 cm³/mol. The van der Waals surface area contributed by atoms with Crippen LogP contribution in [0.25, 0.3) is 0 Å². The Kier molecular flexibility index (Phi) is 3.62. The average Bonchev–Trinajstić information content (AvgIpc) is 2.46. The van der Waals surface area contributed by atoms with Crippen LogP contribution in [-0.2, 0) is 0 Å². The average molecular weight is 320 g/mol. The van der Waals surface area contributed by atoms with E-state index in [1.165, 1.54) is 12.3 Å². The zero-order chi connectivity index (χ0) is 16.8. The highest BCUT2D eigenvalue weighted by atomic mass is 19.3. The maximum absolute atomic E-state index is 14.1. The number of aliphatic imine (C=N–C) groups is 1. The quantitative estimate of drug-likeness (QED) is 0.820. The molecule has 0 unspecified atom stereocenters. The number of aryl methyl sites for hydroxylation is 1. The second-order valence-corrected chi connectivity index (χ2v) is 5.85. The number of ether oxygens (including phenoxy) is 1. The molecule has 6 heteroatoms. The Morgan fingerprint density at radius 1 is 1.22 bits per heavy atom. The molecule has 2 heterocycles. The number of para-hydroxylation sites is 1. The first-order valence-corrected chi connectivity index (χ1v) is 7.11. The molecule has 1 aliphatic rings. The van der Waals surface area contributed by atoms with Gasteiger partial charge in [-0.05, 0) is 44.5 Å². The van der Waals surface area contributed by atoms with Crippen molar-refractivity contribution in [1.29, 1.82) is 0 Å². The lowest BCUT2D eigenvalue weighted by molar-refractivity contribution is 0.109. The van der Waals surface area contributed by atoms with E-state index < -0.39 is 18.0 Å². The van der Waals surface area contributed by atoms with Crippen LogP contribution in [0.4, 0.5) is 13.2 Å². The van der Waals surface area contributed by atoms with Crippen molar-refractivity contribution in [3.63, 3.8) is 0 Å². The molecule has 1 aliphatic heterocycles. The Hall–Kier alpha value is -2.37. The lowest BCUT2D eigenvalue weighted by Gasteiger charge is -2.30. The van der Waals surface area contributed by atoms with Gasteiger partial charge in [-0.3, -0.25) is 4.98 Å². The second kappa shape index (κ2) is 5.37. The van der Waals surface area contributed by atoms with Crippen LogP contribution in [0.1, 0.15) is 42.7 Å². The molecular formula is C17H15F3N2O. The third-order valence-electron chi connectivity index (χ3n) is 3.55. The molecule has 0 radical (unpaired) electrons. The number of benzene rings is 1. The molecule has 0 bridgehead atoms. The van der Waals surface area contributed by atoms with Gasteiger partial charge in [-0.2, -0.15) is 0 Å². The molecule has 0 N–H and O–H groups in total. The fourth-order valence-electron chi connectivity index (χ4n) is 2.56. The number of rotatable bonds is 2. The molecule has 3 rings (SSSR count). The third kappa shape index (κ3) is 2.81. The summed E-state index contributed by atoms with van der Waals surface area (Å²) in [6, 6.07) is 6.13. The first kappa shape index (κ1) is 15.5. The number of pyridine rings is 1. The van der Waals surface area contributed by atoms with E-state index in [0.717, 1.165) is 0 Å². The number of halogens is 3. The van der Waals surface area contributed by atoms with Crippen LogP contribution >= 0.6 is 0 Å². The molecule has 1 aromatic carbocycles. The smallest absolute Gasteiger partial charge is 0.280 e. The second-order valence-electron chi connectivity index (χ2n) is 5.85. The van der Waals surface area contributed by atoms with E-state index in [4.69, 9.17) is 4.74 Å². The van der Waals surface area contributed by atoms with Crippen molar-refractivity contribution in [3.8, 4) is 5.75 Å². The number of aromatic nitrogens is 1. The molecule has 3 nitrogen and oxygen atoms in total. The minimum absolute atomic E-state index is 0.109. The summed E-state index contributed by atoms with van der Waals surface area (Å²) in [6.45, 7) is 4.97. The van der Waals surface area contributed by atoms with Crippen LogP contribution in [0.5, 0.6) is 5.75 Å². The van der Waals surface area contributed by atoms with Crippen LogP contribution < -0.4 is 4.74 Å². The number of alkyl halides is 2. The summed E-state index contributed by atoms with van der Waals surface area (Å²) in [7, 11) is 0. The maximum Gasteiger partial charge on any atom is 0.280 e. The van der Waals surface area contributed by atoms with E-state index in [1.54, 1.807) is 39.0 Å². The normalized spacial score (nSPS) is 15.9. The Labute approximate surface area is 131 Å². The predicted octanol–water partition coefficient (Wildman–Crippen LogP) is 4.43. The molecule has 0 aliphatic carbocycles. The first-order valence-electron chi connectivity index (χ1n) is 7.11. The Morgan fingerprint density at radius 2 is 1.96 bits per heavy atom. The molecule has 0 atom stereocenters. The van der Waals surface area contributed by atoms with Crippen molar-refractivity contribution in [1.82, 2.24) is 4.98 Å². The lowest BCUT2D eigenvalue weighted by atomic mass is 9.98. The van der Waals surface area contributed by atoms with Crippen molar-refractivity contribution in [3.05, 3.63) is 58.7 Å². The molecule has 0 saturated heterocycles. The van der Waals surface area contributed by atoms with Gasteiger partial charge in [0.1, 0.15) is 5.69 Å². The topological polar surface area (TPSA) is 34.5 Å². The zero-order valence-electron chi connectivity index (χ0n) is 12.9. The summed E-state index contributed by atoms with van der Waals surface area (Å²) in [5.41, 5.74) is 0.653. The van der Waals surface area contributed by atoms with Gasteiger partial charge in [0.15, 0.2) is 17.3 Å². The standard InChI is InChI=1S/C17H15F3N2O/c1-9-7-10(8-21-13(9)16(19)20)14-11-5-4-6-12(18)15(11)23-17(2,3)22-14/h4-8,16H,1-3H3. The summed E-state index contributed by atoms with van der Waals surface area (Å²) < 4.78 is 45.4. The largest absolute Gasteiger partial charge is 0.463 e. The molecule has 0 fully saturated rings. The van der Waals surface area contributed by atoms with Crippen molar-refractivity contribution >= 4 is 5.71 Å². The summed E-state index contributed by atoms with van der Waals surface area (Å²) in [6.07, 6.45) is -1.30. The van der Waals surface area contributed by atoms with Gasteiger partial charge in [-0.15, -0.1) is 0 Å². The summed E-state index contributed by atoms with van der Waals surface area (Å²) in [5, 5.41) is 0. The molecule has 1 aromatic heterocycles. The first-order chi connectivity index (χ1) is 10.8. The van der Waals surface area contributed by atoms with E-state index in [0.29, 0.717) is 22.4 Å². The summed E-state index contributed by atoms with van der Waals surface area (Å²) >= 11 is 0. The van der Waals surface area contributed by atoms with Gasteiger partial charge < -0.3 is 4.74 Å². The maximum atomic E-state index is 14.1. The molecule has 120 valence electrons. The van der Waals surface area contributed by atoms with Crippen LogP contribution in [0.3, 0.4) is 0 Å². The summed E-state index contributed by atoms with van der Waals surface area (Å²) in [4.78, 5) is 8.31. The number of hydrogen-bond donors (Lipinski definition) is 0. The van der Waals surface area contributed by atoms with E-state index in [2.05, 4.69) is 9.98 Å². The van der Waals surface area contributed by atoms with Gasteiger partial charge in [0, 0.05) is 17.3 Å². The molecule has 0 amide bonds. The van der Waals surface area contributed by atoms with Crippen LogP contribution in [0, 0.1) is 12.7 Å². The molecule has 2 aromatic rings. The highest BCUT2D eigenvalue weighted by Crippen LogP contribution is 2.35. The van der Waals surface area contributed by atoms with Gasteiger partial charge in [-0.25, -0.2) is 18.2 Å². The SMILES string of the molecule is Cc1cc(C2=NC(C)(C)Oc3c(F)cccc32)cnc1C(F)F. The Balaban J connectivity index is 2.17. The van der Waals surface area contributed by atoms with Crippen molar-refractivity contribution in [2.45, 2.75) is 32.9 Å². The van der Waals surface area contributed by atoms with Crippen molar-refractivity contribution in [2.75, 3.05) is 0 Å². The number of hydrogen-bond acceptors (Lipinski definition) is 3. The van der Waals surface area contributed by atoms with Gasteiger partial charge in [0.2, 0.25) is 0 Å². The van der Waals surface area contributed by atoms with Crippen molar-refractivity contribution < 1.29 is 17.9 Å². The van der Waals surface area contributed by atoms with Crippen LogP contribution in [0.15, 0.2) is 35.5 Å². The molecule has 0 saturated carbocycles. The Morgan fingerprint density at radius 3 is 2.61 bits per heavy atom. The number of nitrogens with zero attached hydrogens (tertiary/aromatic N) is 2. The van der Waals surface area contributed by atoms with Crippen molar-refractivity contribution in [2.24, 2.45) is 4.99 Å². The minimum Gasteiger partial charge on any atom is -0.463 e. The zero-order valence-corrected chi connectivity index (χ0v) is 12.9. The van der Waals surface area contributed by atoms with E-state index in [1.807, 2.05) is 0 Å². The fraction of sp³-hybridized carbons (Fsp3) is 0.294. The monoisotopic (exact) mass is 320 g/mol. The van der Waals surface area contributed by atoms with E-state index in [-0.39, 0.29) is 11.4 Å².